The fourth-order valence-corrected chi connectivity index (χ4v) is 3.41. The second-order valence-corrected chi connectivity index (χ2v) is 7.82. The first-order valence-corrected chi connectivity index (χ1v) is 10.8. The molecule has 15 nitrogen and oxygen atoms in total. The zero-order valence-electron chi connectivity index (χ0n) is 18.7. The minimum absolute atomic E-state index is 0.0928. The molecule has 0 aromatic rings. The summed E-state index contributed by atoms with van der Waals surface area (Å²) in [4.78, 5) is 64.9. The number of carbonyl (C=O) groups excluding carboxylic acids is 3. The van der Waals surface area contributed by atoms with Gasteiger partial charge in [0, 0.05) is 19.5 Å². The Morgan fingerprint density at radius 2 is 1.74 bits per heavy atom. The van der Waals surface area contributed by atoms with Gasteiger partial charge >= 0.3 is 11.9 Å². The molecule has 4 unspecified atom stereocenters. The van der Waals surface area contributed by atoms with Crippen molar-refractivity contribution in [3.63, 3.8) is 0 Å². The molecular formula is C19H33N7O8. The Kier molecular flexibility index (Phi) is 11.7. The molecule has 4 atom stereocenters. The predicted octanol–water partition coefficient (Wildman–Crippen LogP) is -3.73. The molecule has 0 aromatic carbocycles. The molecule has 0 bridgehead atoms. The molecular weight excluding hydrogens is 454 g/mol. The first kappa shape index (κ1) is 28.6. The number of rotatable bonds is 14. The smallest absolute Gasteiger partial charge is 0.326 e. The number of aliphatic hydroxyl groups is 1. The number of guanidine groups is 1. The van der Waals surface area contributed by atoms with E-state index in [4.69, 9.17) is 22.3 Å². The van der Waals surface area contributed by atoms with E-state index in [1.807, 2.05) is 0 Å². The van der Waals surface area contributed by atoms with E-state index in [-0.39, 0.29) is 38.3 Å². The van der Waals surface area contributed by atoms with Gasteiger partial charge in [-0.1, -0.05) is 0 Å². The van der Waals surface area contributed by atoms with Gasteiger partial charge in [-0.15, -0.1) is 0 Å². The standard InChI is InChI=1S/C19H33N7O8/c20-10(3-1-7-23-19(21)22)15(30)25-12(9-27)17(32)26-8-2-4-13(26)16(31)24-11(18(33)34)5-6-14(28)29/h10-13,27H,1-9,20H2,(H,24,31)(H,25,30)(H,28,29)(H,33,34)(H4,21,22,23). The van der Waals surface area contributed by atoms with E-state index in [1.54, 1.807) is 0 Å². The molecule has 0 radical (unpaired) electrons. The van der Waals surface area contributed by atoms with Gasteiger partial charge in [0.05, 0.1) is 12.6 Å². The number of nitrogens with one attached hydrogen (secondary N) is 2. The Bertz CT molecular complexity index is 787. The van der Waals surface area contributed by atoms with Gasteiger partial charge in [-0.05, 0) is 32.1 Å². The number of carbonyl (C=O) groups is 5. The summed E-state index contributed by atoms with van der Waals surface area (Å²) in [5, 5.41) is 32.2. The van der Waals surface area contributed by atoms with Crippen LogP contribution in [0.1, 0.15) is 38.5 Å². The quantitative estimate of drug-likeness (QED) is 0.0670. The van der Waals surface area contributed by atoms with Crippen LogP contribution >= 0.6 is 0 Å². The predicted molar refractivity (Wildman–Crippen MR) is 118 cm³/mol. The Morgan fingerprint density at radius 3 is 2.29 bits per heavy atom. The maximum Gasteiger partial charge on any atom is 0.326 e. The van der Waals surface area contributed by atoms with Crippen molar-refractivity contribution in [1.29, 1.82) is 0 Å². The molecule has 1 aliphatic heterocycles. The number of hydrogen-bond acceptors (Lipinski definition) is 8. The van der Waals surface area contributed by atoms with E-state index in [0.717, 1.165) is 4.90 Å². The number of likely N-dealkylation sites (tertiary alicyclic amines) is 1. The number of hydrogen-bond donors (Lipinski definition) is 8. The Hall–Kier alpha value is -3.46. The number of nitrogens with two attached hydrogens (primary N) is 3. The van der Waals surface area contributed by atoms with Gasteiger partial charge in [0.2, 0.25) is 17.7 Å². The summed E-state index contributed by atoms with van der Waals surface area (Å²) in [6.07, 6.45) is 0.511. The molecule has 1 rings (SSSR count). The first-order valence-electron chi connectivity index (χ1n) is 10.8. The number of aliphatic hydroxyl groups excluding tert-OH is 1. The van der Waals surface area contributed by atoms with Crippen LogP contribution < -0.4 is 27.8 Å². The topological polar surface area (TPSA) is 264 Å². The highest BCUT2D eigenvalue weighted by Gasteiger charge is 2.39. The highest BCUT2D eigenvalue weighted by atomic mass is 16.4. The Labute approximate surface area is 195 Å². The normalized spacial score (nSPS) is 17.8. The third kappa shape index (κ3) is 9.19. The number of aliphatic imine (C=N–C) groups is 1. The van der Waals surface area contributed by atoms with E-state index in [1.165, 1.54) is 0 Å². The molecule has 1 aliphatic rings. The van der Waals surface area contributed by atoms with Crippen molar-refractivity contribution in [2.24, 2.45) is 22.2 Å². The molecule has 0 aliphatic carbocycles. The SMILES string of the molecule is NC(N)=NCCCC(N)C(=O)NC(CO)C(=O)N1CCCC1C(=O)NC(CCC(=O)O)C(=O)O. The Balaban J connectivity index is 2.74. The van der Waals surface area contributed by atoms with Crippen LogP contribution in [0, 0.1) is 0 Å². The zero-order valence-corrected chi connectivity index (χ0v) is 18.7. The van der Waals surface area contributed by atoms with Gasteiger partial charge in [0.25, 0.3) is 0 Å². The lowest BCUT2D eigenvalue weighted by Crippen LogP contribution is -2.57. The lowest BCUT2D eigenvalue weighted by molar-refractivity contribution is -0.145. The summed E-state index contributed by atoms with van der Waals surface area (Å²) in [6.45, 7) is -0.326. The number of nitrogens with zero attached hydrogens (tertiary/aromatic N) is 2. The number of carboxylic acid groups (broad SMARTS) is 2. The molecule has 0 saturated carbocycles. The molecule has 1 heterocycles. The molecule has 34 heavy (non-hydrogen) atoms. The highest BCUT2D eigenvalue weighted by molar-refractivity contribution is 5.94. The van der Waals surface area contributed by atoms with Gasteiger partial charge in [0.1, 0.15) is 18.1 Å². The maximum absolute atomic E-state index is 12.9. The van der Waals surface area contributed by atoms with Crippen LogP contribution in [0.25, 0.3) is 0 Å². The number of aliphatic carboxylic acids is 2. The van der Waals surface area contributed by atoms with Crippen LogP contribution in [0.4, 0.5) is 0 Å². The molecule has 1 saturated heterocycles. The molecule has 15 heteroatoms. The molecule has 192 valence electrons. The summed E-state index contributed by atoms with van der Waals surface area (Å²) < 4.78 is 0. The van der Waals surface area contributed by atoms with E-state index in [2.05, 4.69) is 15.6 Å². The molecule has 3 amide bonds. The largest absolute Gasteiger partial charge is 0.481 e. The van der Waals surface area contributed by atoms with Gasteiger partial charge in [-0.2, -0.15) is 0 Å². The van der Waals surface area contributed by atoms with Crippen molar-refractivity contribution in [3.05, 3.63) is 0 Å². The maximum atomic E-state index is 12.9. The summed E-state index contributed by atoms with van der Waals surface area (Å²) in [7, 11) is 0. The lowest BCUT2D eigenvalue weighted by Gasteiger charge is -2.29. The average molecular weight is 488 g/mol. The van der Waals surface area contributed by atoms with Crippen LogP contribution in [0.3, 0.4) is 0 Å². The fourth-order valence-electron chi connectivity index (χ4n) is 3.41. The van der Waals surface area contributed by atoms with E-state index in [0.29, 0.717) is 12.8 Å². The summed E-state index contributed by atoms with van der Waals surface area (Å²) in [6, 6.07) is -4.81. The van der Waals surface area contributed by atoms with Crippen molar-refractivity contribution in [1.82, 2.24) is 15.5 Å². The Morgan fingerprint density at radius 1 is 1.06 bits per heavy atom. The van der Waals surface area contributed by atoms with Gasteiger partial charge in [-0.25, -0.2) is 4.79 Å². The molecule has 11 N–H and O–H groups in total. The van der Waals surface area contributed by atoms with Gasteiger partial charge in [0.15, 0.2) is 5.96 Å². The molecule has 0 spiro atoms. The lowest BCUT2D eigenvalue weighted by atomic mass is 10.1. The van der Waals surface area contributed by atoms with Crippen LogP contribution in [-0.2, 0) is 24.0 Å². The van der Waals surface area contributed by atoms with E-state index in [9.17, 15) is 34.2 Å². The average Bonchev–Trinajstić information content (AvgIpc) is 3.26. The van der Waals surface area contributed by atoms with Crippen molar-refractivity contribution < 1.29 is 39.3 Å². The van der Waals surface area contributed by atoms with Crippen molar-refractivity contribution in [3.8, 4) is 0 Å². The van der Waals surface area contributed by atoms with Crippen LogP contribution in [0.5, 0.6) is 0 Å². The van der Waals surface area contributed by atoms with E-state index >= 15 is 0 Å². The number of amides is 3. The van der Waals surface area contributed by atoms with Crippen molar-refractivity contribution in [2.75, 3.05) is 19.7 Å². The molecule has 1 fully saturated rings. The van der Waals surface area contributed by atoms with Crippen molar-refractivity contribution >= 4 is 35.6 Å². The fraction of sp³-hybridized carbons (Fsp3) is 0.684. The second kappa shape index (κ2) is 13.9. The second-order valence-electron chi connectivity index (χ2n) is 7.82. The van der Waals surface area contributed by atoms with Crippen molar-refractivity contribution in [2.45, 2.75) is 62.7 Å². The number of carboxylic acids is 2. The molecule has 0 aromatic heterocycles. The van der Waals surface area contributed by atoms with Crippen LogP contribution in [-0.4, -0.2) is 99.7 Å². The summed E-state index contributed by atoms with van der Waals surface area (Å²) in [5.41, 5.74) is 16.2. The minimum Gasteiger partial charge on any atom is -0.481 e. The van der Waals surface area contributed by atoms with Gasteiger partial charge in [-0.3, -0.25) is 24.2 Å². The summed E-state index contributed by atoms with van der Waals surface area (Å²) >= 11 is 0. The van der Waals surface area contributed by atoms with Crippen LogP contribution in [0.15, 0.2) is 4.99 Å². The monoisotopic (exact) mass is 487 g/mol. The minimum atomic E-state index is -1.44. The first-order chi connectivity index (χ1) is 16.0. The highest BCUT2D eigenvalue weighted by Crippen LogP contribution is 2.19. The third-order valence-corrected chi connectivity index (χ3v) is 5.20. The van der Waals surface area contributed by atoms with E-state index < -0.39 is 66.9 Å². The zero-order chi connectivity index (χ0) is 25.8. The van der Waals surface area contributed by atoms with Gasteiger partial charge < -0.3 is 48.1 Å². The van der Waals surface area contributed by atoms with Crippen LogP contribution in [0.2, 0.25) is 0 Å². The summed E-state index contributed by atoms with van der Waals surface area (Å²) in [5.74, 6) is -4.88. The third-order valence-electron chi connectivity index (χ3n) is 5.20.